The van der Waals surface area contributed by atoms with Gasteiger partial charge in [-0.2, -0.15) is 5.48 Å². The molecule has 4 nitrogen and oxygen atoms in total. The number of benzene rings is 1. The van der Waals surface area contributed by atoms with Gasteiger partial charge in [-0.25, -0.2) is 4.79 Å². The quantitative estimate of drug-likeness (QED) is 0.769. The fourth-order valence-electron chi connectivity index (χ4n) is 2.06. The minimum Gasteiger partial charge on any atom is -0.478 e. The number of rotatable bonds is 5. The van der Waals surface area contributed by atoms with Gasteiger partial charge in [0.2, 0.25) is 0 Å². The molecule has 0 bridgehead atoms. The Labute approximate surface area is 101 Å². The predicted molar refractivity (Wildman–Crippen MR) is 63.6 cm³/mol. The third-order valence-corrected chi connectivity index (χ3v) is 3.00. The van der Waals surface area contributed by atoms with E-state index >= 15 is 0 Å². The maximum absolute atomic E-state index is 10.8. The van der Waals surface area contributed by atoms with E-state index in [9.17, 15) is 4.79 Å². The number of carboxylic acid groups (broad SMARTS) is 1. The van der Waals surface area contributed by atoms with Crippen molar-refractivity contribution in [1.29, 1.82) is 0 Å². The number of carboxylic acids is 1. The minimum absolute atomic E-state index is 0.310. The van der Waals surface area contributed by atoms with Crippen molar-refractivity contribution < 1.29 is 14.7 Å². The number of carbonyl (C=O) groups is 1. The van der Waals surface area contributed by atoms with E-state index < -0.39 is 5.97 Å². The lowest BCUT2D eigenvalue weighted by molar-refractivity contribution is -0.0244. The lowest BCUT2D eigenvalue weighted by Crippen LogP contribution is -2.21. The molecule has 0 amide bonds. The molecule has 0 aromatic heterocycles. The first-order valence-corrected chi connectivity index (χ1v) is 5.96. The molecule has 1 aliphatic rings. The Morgan fingerprint density at radius 2 is 2.18 bits per heavy atom. The van der Waals surface area contributed by atoms with Crippen LogP contribution >= 0.6 is 0 Å². The summed E-state index contributed by atoms with van der Waals surface area (Å²) in [7, 11) is 0. The van der Waals surface area contributed by atoms with E-state index in [-0.39, 0.29) is 0 Å². The molecular formula is C13H17NO3. The van der Waals surface area contributed by atoms with E-state index in [2.05, 4.69) is 5.48 Å². The Morgan fingerprint density at radius 1 is 1.41 bits per heavy atom. The van der Waals surface area contributed by atoms with Crippen molar-refractivity contribution in [3.05, 3.63) is 35.4 Å². The molecule has 0 saturated heterocycles. The second-order valence-corrected chi connectivity index (χ2v) is 4.35. The van der Waals surface area contributed by atoms with Crippen LogP contribution < -0.4 is 5.48 Å². The van der Waals surface area contributed by atoms with E-state index in [1.807, 2.05) is 6.07 Å². The fourth-order valence-corrected chi connectivity index (χ4v) is 2.06. The van der Waals surface area contributed by atoms with Gasteiger partial charge in [-0.15, -0.1) is 0 Å². The molecular weight excluding hydrogens is 218 g/mol. The minimum atomic E-state index is -0.899. The zero-order chi connectivity index (χ0) is 12.1. The van der Waals surface area contributed by atoms with Crippen molar-refractivity contribution in [2.75, 3.05) is 0 Å². The zero-order valence-corrected chi connectivity index (χ0v) is 9.69. The molecule has 0 radical (unpaired) electrons. The first kappa shape index (κ1) is 12.1. The summed E-state index contributed by atoms with van der Waals surface area (Å²) < 4.78 is 0. The van der Waals surface area contributed by atoms with Crippen LogP contribution in [0.5, 0.6) is 0 Å². The number of hydrogen-bond acceptors (Lipinski definition) is 3. The van der Waals surface area contributed by atoms with Gasteiger partial charge < -0.3 is 5.11 Å². The Morgan fingerprint density at radius 3 is 2.88 bits per heavy atom. The summed E-state index contributed by atoms with van der Waals surface area (Å²) in [6.45, 7) is 0.539. The van der Waals surface area contributed by atoms with Crippen molar-refractivity contribution in [1.82, 2.24) is 5.48 Å². The normalized spacial score (nSPS) is 16.2. The lowest BCUT2D eigenvalue weighted by atomic mass is 10.1. The van der Waals surface area contributed by atoms with Gasteiger partial charge in [-0.1, -0.05) is 25.0 Å². The summed E-state index contributed by atoms with van der Waals surface area (Å²) in [5, 5.41) is 8.86. The number of hydroxylamine groups is 1. The molecule has 2 rings (SSSR count). The highest BCUT2D eigenvalue weighted by molar-refractivity contribution is 5.87. The van der Waals surface area contributed by atoms with Crippen LogP contribution in [0.2, 0.25) is 0 Å². The van der Waals surface area contributed by atoms with E-state index in [0.29, 0.717) is 18.2 Å². The fraction of sp³-hybridized carbons (Fsp3) is 0.462. The van der Waals surface area contributed by atoms with Crippen molar-refractivity contribution in [2.24, 2.45) is 0 Å². The zero-order valence-electron chi connectivity index (χ0n) is 9.69. The van der Waals surface area contributed by atoms with Crippen molar-refractivity contribution in [3.63, 3.8) is 0 Å². The van der Waals surface area contributed by atoms with Crippen LogP contribution in [-0.4, -0.2) is 17.2 Å². The van der Waals surface area contributed by atoms with Crippen molar-refractivity contribution >= 4 is 5.97 Å². The highest BCUT2D eigenvalue weighted by Gasteiger charge is 2.15. The summed E-state index contributed by atoms with van der Waals surface area (Å²) >= 11 is 0. The number of hydrogen-bond donors (Lipinski definition) is 2. The van der Waals surface area contributed by atoms with E-state index in [1.165, 1.54) is 12.8 Å². The topological polar surface area (TPSA) is 58.6 Å². The SMILES string of the molecule is O=C(O)c1cccc(CNOC2CCCC2)c1. The van der Waals surface area contributed by atoms with E-state index in [0.717, 1.165) is 18.4 Å². The largest absolute Gasteiger partial charge is 0.478 e. The van der Waals surface area contributed by atoms with Gasteiger partial charge in [0, 0.05) is 6.54 Å². The molecule has 17 heavy (non-hydrogen) atoms. The summed E-state index contributed by atoms with van der Waals surface area (Å²) in [6.07, 6.45) is 5.02. The van der Waals surface area contributed by atoms with Crippen molar-refractivity contribution in [3.8, 4) is 0 Å². The Bertz CT molecular complexity index is 386. The van der Waals surface area contributed by atoms with Crippen LogP contribution in [0.25, 0.3) is 0 Å². The van der Waals surface area contributed by atoms with Gasteiger partial charge in [-0.3, -0.25) is 4.84 Å². The molecule has 0 unspecified atom stereocenters. The van der Waals surface area contributed by atoms with Gasteiger partial charge >= 0.3 is 5.97 Å². The average molecular weight is 235 g/mol. The lowest BCUT2D eigenvalue weighted by Gasteiger charge is -2.11. The van der Waals surface area contributed by atoms with Crippen LogP contribution in [0.1, 0.15) is 41.6 Å². The second-order valence-electron chi connectivity index (χ2n) is 4.35. The van der Waals surface area contributed by atoms with Gasteiger partial charge in [0.15, 0.2) is 0 Å². The molecule has 0 spiro atoms. The second kappa shape index (κ2) is 5.80. The molecule has 2 N–H and O–H groups in total. The van der Waals surface area contributed by atoms with Gasteiger partial charge in [0.05, 0.1) is 11.7 Å². The molecule has 1 saturated carbocycles. The molecule has 1 aromatic carbocycles. The van der Waals surface area contributed by atoms with Gasteiger partial charge in [0.1, 0.15) is 0 Å². The molecule has 0 heterocycles. The number of aromatic carboxylic acids is 1. The predicted octanol–water partition coefficient (Wildman–Crippen LogP) is 2.35. The molecule has 1 aromatic rings. The van der Waals surface area contributed by atoms with Crippen LogP contribution in [0.3, 0.4) is 0 Å². The Balaban J connectivity index is 1.81. The number of nitrogens with one attached hydrogen (secondary N) is 1. The summed E-state index contributed by atoms with van der Waals surface area (Å²) in [6, 6.07) is 6.88. The molecule has 1 fully saturated rings. The van der Waals surface area contributed by atoms with Gasteiger partial charge in [-0.05, 0) is 30.5 Å². The van der Waals surface area contributed by atoms with Crippen LogP contribution in [-0.2, 0) is 11.4 Å². The summed E-state index contributed by atoms with van der Waals surface area (Å²) in [5.41, 5.74) is 4.15. The maximum Gasteiger partial charge on any atom is 0.335 e. The third-order valence-electron chi connectivity index (χ3n) is 3.00. The highest BCUT2D eigenvalue weighted by Crippen LogP contribution is 2.20. The average Bonchev–Trinajstić information content (AvgIpc) is 2.82. The third kappa shape index (κ3) is 3.54. The smallest absolute Gasteiger partial charge is 0.335 e. The van der Waals surface area contributed by atoms with Crippen LogP contribution in [0.15, 0.2) is 24.3 Å². The van der Waals surface area contributed by atoms with Crippen LogP contribution in [0, 0.1) is 0 Å². The molecule has 4 heteroatoms. The standard InChI is InChI=1S/C13H17NO3/c15-13(16)11-5-3-4-10(8-11)9-14-17-12-6-1-2-7-12/h3-5,8,12,14H,1-2,6-7,9H2,(H,15,16). The van der Waals surface area contributed by atoms with Crippen LogP contribution in [0.4, 0.5) is 0 Å². The molecule has 0 atom stereocenters. The molecule has 92 valence electrons. The summed E-state index contributed by atoms with van der Waals surface area (Å²) in [5.74, 6) is -0.899. The summed E-state index contributed by atoms with van der Waals surface area (Å²) in [4.78, 5) is 16.3. The molecule has 0 aliphatic heterocycles. The molecule has 1 aliphatic carbocycles. The van der Waals surface area contributed by atoms with Gasteiger partial charge in [0.25, 0.3) is 0 Å². The maximum atomic E-state index is 10.8. The highest BCUT2D eigenvalue weighted by atomic mass is 16.7. The Hall–Kier alpha value is -1.39. The first-order chi connectivity index (χ1) is 8.25. The van der Waals surface area contributed by atoms with E-state index in [4.69, 9.17) is 9.94 Å². The van der Waals surface area contributed by atoms with Crippen molar-refractivity contribution in [2.45, 2.75) is 38.3 Å². The Kier molecular flexibility index (Phi) is 4.12. The monoisotopic (exact) mass is 235 g/mol. The van der Waals surface area contributed by atoms with E-state index in [1.54, 1.807) is 18.2 Å². The first-order valence-electron chi connectivity index (χ1n) is 5.96.